The quantitative estimate of drug-likeness (QED) is 0.742. The molecule has 3 aromatic rings. The summed E-state index contributed by atoms with van der Waals surface area (Å²) in [5, 5.41) is 7.36. The van der Waals surface area contributed by atoms with Crippen LogP contribution in [0, 0.1) is 0 Å². The Bertz CT molecular complexity index is 888. The molecule has 1 heterocycles. The lowest BCUT2D eigenvalue weighted by atomic mass is 10.1. The number of carbonyl (C=O) groups excluding carboxylic acids is 1. The first-order valence-corrected chi connectivity index (χ1v) is 8.31. The largest absolute Gasteiger partial charge is 0.493 e. The molecule has 1 aromatic heterocycles. The molecule has 0 saturated carbocycles. The second kappa shape index (κ2) is 7.84. The van der Waals surface area contributed by atoms with Crippen LogP contribution >= 0.6 is 0 Å². The fourth-order valence-electron chi connectivity index (χ4n) is 2.68. The number of aromatic nitrogens is 2. The van der Waals surface area contributed by atoms with E-state index in [9.17, 15) is 4.79 Å². The van der Waals surface area contributed by atoms with E-state index in [0.29, 0.717) is 5.75 Å². The van der Waals surface area contributed by atoms with E-state index in [2.05, 4.69) is 15.3 Å². The van der Waals surface area contributed by atoms with Crippen LogP contribution in [0.2, 0.25) is 0 Å². The van der Waals surface area contributed by atoms with Gasteiger partial charge < -0.3 is 15.0 Å². The third-order valence-corrected chi connectivity index (χ3v) is 3.89. The molecule has 0 aliphatic heterocycles. The topological polar surface area (TPSA) is 59.4 Å². The number of para-hydroxylation sites is 2. The van der Waals surface area contributed by atoms with Gasteiger partial charge in [-0.1, -0.05) is 36.4 Å². The summed E-state index contributed by atoms with van der Waals surface area (Å²) in [6.07, 6.45) is 1.70. The Labute approximate surface area is 153 Å². The number of nitrogens with one attached hydrogen (secondary N) is 1. The molecule has 0 saturated heterocycles. The summed E-state index contributed by atoms with van der Waals surface area (Å²) in [5.41, 5.74) is 2.91. The van der Waals surface area contributed by atoms with Crippen molar-refractivity contribution in [2.75, 3.05) is 26.5 Å². The molecule has 1 N–H and O–H groups in total. The monoisotopic (exact) mass is 350 g/mol. The number of ether oxygens (including phenoxy) is 1. The van der Waals surface area contributed by atoms with E-state index in [4.69, 9.17) is 4.74 Å². The molecular weight excluding hydrogens is 328 g/mol. The molecule has 3 rings (SSSR count). The van der Waals surface area contributed by atoms with E-state index < -0.39 is 0 Å². The lowest BCUT2D eigenvalue weighted by molar-refractivity contribution is 0.101. The van der Waals surface area contributed by atoms with E-state index >= 15 is 0 Å². The summed E-state index contributed by atoms with van der Waals surface area (Å²) in [6, 6.07) is 17.3. The SMILES string of the molecule is COc1cn(-c2ccccc2)nc1C(=O)Nc1ccccc1CN(C)C. The van der Waals surface area contributed by atoms with Crippen LogP contribution in [0.1, 0.15) is 16.1 Å². The van der Waals surface area contributed by atoms with E-state index in [0.717, 1.165) is 23.5 Å². The minimum Gasteiger partial charge on any atom is -0.493 e. The highest BCUT2D eigenvalue weighted by atomic mass is 16.5. The number of carbonyl (C=O) groups is 1. The molecule has 134 valence electrons. The van der Waals surface area contributed by atoms with Crippen LogP contribution < -0.4 is 10.1 Å². The minimum absolute atomic E-state index is 0.246. The van der Waals surface area contributed by atoms with Crippen molar-refractivity contribution in [2.45, 2.75) is 6.54 Å². The van der Waals surface area contributed by atoms with Gasteiger partial charge in [-0.2, -0.15) is 5.10 Å². The summed E-state index contributed by atoms with van der Waals surface area (Å²) in [4.78, 5) is 14.8. The fourth-order valence-corrected chi connectivity index (χ4v) is 2.68. The average molecular weight is 350 g/mol. The van der Waals surface area contributed by atoms with Crippen LogP contribution in [0.15, 0.2) is 60.8 Å². The van der Waals surface area contributed by atoms with Crippen LogP contribution in [0.3, 0.4) is 0 Å². The van der Waals surface area contributed by atoms with Crippen molar-refractivity contribution in [3.8, 4) is 11.4 Å². The highest BCUT2D eigenvalue weighted by Crippen LogP contribution is 2.22. The standard InChI is InChI=1S/C20H22N4O2/c1-23(2)13-15-9-7-8-12-17(15)21-20(25)19-18(26-3)14-24(22-19)16-10-5-4-6-11-16/h4-12,14H,13H2,1-3H3,(H,21,25). The number of hydrogen-bond acceptors (Lipinski definition) is 4. The van der Waals surface area contributed by atoms with Crippen LogP contribution in [0.25, 0.3) is 5.69 Å². The lowest BCUT2D eigenvalue weighted by Gasteiger charge is -2.14. The zero-order chi connectivity index (χ0) is 18.5. The van der Waals surface area contributed by atoms with Gasteiger partial charge in [0, 0.05) is 12.2 Å². The maximum Gasteiger partial charge on any atom is 0.280 e. The molecule has 0 bridgehead atoms. The normalized spacial score (nSPS) is 10.8. The van der Waals surface area contributed by atoms with Crippen LogP contribution in [-0.4, -0.2) is 41.8 Å². The Kier molecular flexibility index (Phi) is 5.34. The Morgan fingerprint density at radius 3 is 2.50 bits per heavy atom. The highest BCUT2D eigenvalue weighted by Gasteiger charge is 2.19. The Balaban J connectivity index is 1.88. The van der Waals surface area contributed by atoms with Crippen molar-refractivity contribution >= 4 is 11.6 Å². The molecule has 0 aliphatic rings. The molecule has 6 heteroatoms. The lowest BCUT2D eigenvalue weighted by Crippen LogP contribution is -2.17. The van der Waals surface area contributed by atoms with E-state index in [-0.39, 0.29) is 11.6 Å². The number of benzene rings is 2. The van der Waals surface area contributed by atoms with Gasteiger partial charge in [-0.3, -0.25) is 4.79 Å². The maximum atomic E-state index is 12.8. The van der Waals surface area contributed by atoms with Gasteiger partial charge in [-0.05, 0) is 37.9 Å². The molecule has 1 amide bonds. The predicted molar refractivity (Wildman–Crippen MR) is 102 cm³/mol. The first kappa shape index (κ1) is 17.7. The zero-order valence-electron chi connectivity index (χ0n) is 15.1. The number of amides is 1. The van der Waals surface area contributed by atoms with E-state index in [1.807, 2.05) is 68.7 Å². The highest BCUT2D eigenvalue weighted by molar-refractivity contribution is 6.05. The van der Waals surface area contributed by atoms with Crippen molar-refractivity contribution in [1.29, 1.82) is 0 Å². The molecule has 6 nitrogen and oxygen atoms in total. The van der Waals surface area contributed by atoms with Crippen molar-refractivity contribution < 1.29 is 9.53 Å². The fraction of sp³-hybridized carbons (Fsp3) is 0.200. The maximum absolute atomic E-state index is 12.8. The van der Waals surface area contributed by atoms with Gasteiger partial charge >= 0.3 is 0 Å². The first-order chi connectivity index (χ1) is 12.6. The van der Waals surface area contributed by atoms with Crippen LogP contribution in [-0.2, 0) is 6.54 Å². The van der Waals surface area contributed by atoms with Gasteiger partial charge in [0.15, 0.2) is 11.4 Å². The molecule has 2 aromatic carbocycles. The van der Waals surface area contributed by atoms with Gasteiger partial charge in [0.25, 0.3) is 5.91 Å². The molecule has 0 radical (unpaired) electrons. The summed E-state index contributed by atoms with van der Waals surface area (Å²) >= 11 is 0. The summed E-state index contributed by atoms with van der Waals surface area (Å²) in [5.74, 6) is 0.124. The third kappa shape index (κ3) is 3.92. The van der Waals surface area contributed by atoms with Crippen molar-refractivity contribution in [3.05, 3.63) is 72.1 Å². The van der Waals surface area contributed by atoms with Crippen molar-refractivity contribution in [2.24, 2.45) is 0 Å². The van der Waals surface area contributed by atoms with E-state index in [1.165, 1.54) is 7.11 Å². The minimum atomic E-state index is -0.303. The van der Waals surface area contributed by atoms with Crippen LogP contribution in [0.5, 0.6) is 5.75 Å². The summed E-state index contributed by atoms with van der Waals surface area (Å²) < 4.78 is 6.99. The average Bonchev–Trinajstić information content (AvgIpc) is 3.08. The Morgan fingerprint density at radius 2 is 1.81 bits per heavy atom. The van der Waals surface area contributed by atoms with Gasteiger partial charge in [-0.15, -0.1) is 0 Å². The molecule has 0 aliphatic carbocycles. The molecule has 26 heavy (non-hydrogen) atoms. The van der Waals surface area contributed by atoms with Gasteiger partial charge in [0.2, 0.25) is 0 Å². The molecular formula is C20H22N4O2. The molecule has 0 atom stereocenters. The first-order valence-electron chi connectivity index (χ1n) is 8.31. The third-order valence-electron chi connectivity index (χ3n) is 3.89. The van der Waals surface area contributed by atoms with Gasteiger partial charge in [-0.25, -0.2) is 4.68 Å². The number of nitrogens with zero attached hydrogens (tertiary/aromatic N) is 3. The molecule has 0 unspecified atom stereocenters. The molecule has 0 fully saturated rings. The summed E-state index contributed by atoms with van der Waals surface area (Å²) in [6.45, 7) is 0.728. The Hall–Kier alpha value is -3.12. The zero-order valence-corrected chi connectivity index (χ0v) is 15.1. The predicted octanol–water partition coefficient (Wildman–Crippen LogP) is 3.19. The summed E-state index contributed by atoms with van der Waals surface area (Å²) in [7, 11) is 5.51. The number of anilines is 1. The Morgan fingerprint density at radius 1 is 1.12 bits per heavy atom. The smallest absolute Gasteiger partial charge is 0.280 e. The van der Waals surface area contributed by atoms with E-state index in [1.54, 1.807) is 10.9 Å². The number of rotatable bonds is 6. The van der Waals surface area contributed by atoms with Gasteiger partial charge in [0.1, 0.15) is 0 Å². The van der Waals surface area contributed by atoms with Crippen molar-refractivity contribution in [1.82, 2.24) is 14.7 Å². The number of hydrogen-bond donors (Lipinski definition) is 1. The van der Waals surface area contributed by atoms with Crippen LogP contribution in [0.4, 0.5) is 5.69 Å². The van der Waals surface area contributed by atoms with Gasteiger partial charge in [0.05, 0.1) is 19.0 Å². The second-order valence-electron chi connectivity index (χ2n) is 6.18. The second-order valence-corrected chi connectivity index (χ2v) is 6.18. The molecule has 0 spiro atoms. The van der Waals surface area contributed by atoms with Crippen molar-refractivity contribution in [3.63, 3.8) is 0 Å². The number of methoxy groups -OCH3 is 1.